The number of hydrogen-bond acceptors (Lipinski definition) is 3. The maximum absolute atomic E-state index is 5.93. The molecule has 2 atom stereocenters. The zero-order valence-corrected chi connectivity index (χ0v) is 13.9. The first-order chi connectivity index (χ1) is 10.7. The average molecular weight is 300 g/mol. The lowest BCUT2D eigenvalue weighted by molar-refractivity contribution is -0.0880. The van der Waals surface area contributed by atoms with Crippen molar-refractivity contribution in [2.45, 2.75) is 45.3 Å². The lowest BCUT2D eigenvalue weighted by Crippen LogP contribution is -2.62. The van der Waals surface area contributed by atoms with Crippen LogP contribution in [0.3, 0.4) is 0 Å². The van der Waals surface area contributed by atoms with E-state index in [2.05, 4.69) is 41.8 Å². The number of morpholine rings is 1. The van der Waals surface area contributed by atoms with Gasteiger partial charge in [-0.1, -0.05) is 18.2 Å². The van der Waals surface area contributed by atoms with E-state index in [4.69, 9.17) is 4.74 Å². The van der Waals surface area contributed by atoms with Crippen LogP contribution in [-0.2, 0) is 11.3 Å². The van der Waals surface area contributed by atoms with Crippen molar-refractivity contribution in [3.8, 4) is 0 Å². The number of aryl methyl sites for hydroxylation is 1. The predicted octanol–water partition coefficient (Wildman–Crippen LogP) is 2.60. The molecule has 0 N–H and O–H groups in total. The van der Waals surface area contributed by atoms with Gasteiger partial charge in [-0.25, -0.2) is 0 Å². The third-order valence-electron chi connectivity index (χ3n) is 5.91. The summed E-state index contributed by atoms with van der Waals surface area (Å²) in [6, 6.07) is 8.02. The van der Waals surface area contributed by atoms with Gasteiger partial charge < -0.3 is 4.74 Å². The molecule has 0 amide bonds. The highest BCUT2D eigenvalue weighted by molar-refractivity contribution is 5.33. The SMILES string of the molecule is Cc1cccc(CN2CCN3[C@@H](COC[C@@H]3C3CC3)C2)c1C. The van der Waals surface area contributed by atoms with Gasteiger partial charge in [0.1, 0.15) is 0 Å². The van der Waals surface area contributed by atoms with Crippen LogP contribution in [-0.4, -0.2) is 54.7 Å². The molecule has 2 saturated heterocycles. The van der Waals surface area contributed by atoms with Gasteiger partial charge in [0, 0.05) is 38.3 Å². The Kier molecular flexibility index (Phi) is 3.97. The zero-order chi connectivity index (χ0) is 15.1. The Labute approximate surface area is 134 Å². The lowest BCUT2D eigenvalue weighted by Gasteiger charge is -2.48. The van der Waals surface area contributed by atoms with Gasteiger partial charge in [-0.15, -0.1) is 0 Å². The summed E-state index contributed by atoms with van der Waals surface area (Å²) in [5.74, 6) is 0.924. The van der Waals surface area contributed by atoms with Crippen molar-refractivity contribution in [2.24, 2.45) is 5.92 Å². The zero-order valence-electron chi connectivity index (χ0n) is 13.9. The molecule has 1 aromatic rings. The van der Waals surface area contributed by atoms with Crippen LogP contribution in [0.1, 0.15) is 29.5 Å². The molecule has 3 fully saturated rings. The Morgan fingerprint density at radius 3 is 2.82 bits per heavy atom. The van der Waals surface area contributed by atoms with Crippen LogP contribution in [0.2, 0.25) is 0 Å². The molecule has 0 unspecified atom stereocenters. The van der Waals surface area contributed by atoms with Crippen LogP contribution in [0.5, 0.6) is 0 Å². The number of benzene rings is 1. The highest BCUT2D eigenvalue weighted by Crippen LogP contribution is 2.38. The minimum Gasteiger partial charge on any atom is -0.378 e. The van der Waals surface area contributed by atoms with Gasteiger partial charge in [-0.3, -0.25) is 9.80 Å². The summed E-state index contributed by atoms with van der Waals surface area (Å²) >= 11 is 0. The van der Waals surface area contributed by atoms with Crippen molar-refractivity contribution in [2.75, 3.05) is 32.8 Å². The van der Waals surface area contributed by atoms with Gasteiger partial charge in [-0.2, -0.15) is 0 Å². The first-order valence-electron chi connectivity index (χ1n) is 8.83. The van der Waals surface area contributed by atoms with Gasteiger partial charge in [0.25, 0.3) is 0 Å². The summed E-state index contributed by atoms with van der Waals surface area (Å²) in [7, 11) is 0. The highest BCUT2D eigenvalue weighted by Gasteiger charge is 2.42. The third-order valence-corrected chi connectivity index (χ3v) is 5.91. The predicted molar refractivity (Wildman–Crippen MR) is 89.0 cm³/mol. The molecule has 1 aliphatic carbocycles. The number of nitrogens with zero attached hydrogens (tertiary/aromatic N) is 2. The molecule has 2 aliphatic heterocycles. The summed E-state index contributed by atoms with van der Waals surface area (Å²) in [6.07, 6.45) is 2.84. The lowest BCUT2D eigenvalue weighted by atomic mass is 10.0. The van der Waals surface area contributed by atoms with Gasteiger partial charge in [-0.05, 0) is 49.3 Å². The van der Waals surface area contributed by atoms with Crippen LogP contribution in [0.25, 0.3) is 0 Å². The molecule has 0 spiro atoms. The van der Waals surface area contributed by atoms with Crippen LogP contribution < -0.4 is 0 Å². The van der Waals surface area contributed by atoms with Crippen LogP contribution >= 0.6 is 0 Å². The summed E-state index contributed by atoms with van der Waals surface area (Å²) < 4.78 is 5.93. The maximum atomic E-state index is 5.93. The molecular formula is C19H28N2O. The van der Waals surface area contributed by atoms with E-state index < -0.39 is 0 Å². The second kappa shape index (κ2) is 5.95. The van der Waals surface area contributed by atoms with Crippen molar-refractivity contribution < 1.29 is 4.74 Å². The number of rotatable bonds is 3. The minimum absolute atomic E-state index is 0.609. The largest absolute Gasteiger partial charge is 0.378 e. The fraction of sp³-hybridized carbons (Fsp3) is 0.684. The molecule has 3 heteroatoms. The van der Waals surface area contributed by atoms with E-state index in [-0.39, 0.29) is 0 Å². The third kappa shape index (κ3) is 2.82. The number of fused-ring (bicyclic) bond motifs is 1. The average Bonchev–Trinajstić information content (AvgIpc) is 3.36. The van der Waals surface area contributed by atoms with Crippen molar-refractivity contribution >= 4 is 0 Å². The molecule has 2 heterocycles. The van der Waals surface area contributed by atoms with E-state index in [0.29, 0.717) is 12.1 Å². The second-order valence-electron chi connectivity index (χ2n) is 7.43. The molecule has 1 aromatic carbocycles. The highest BCUT2D eigenvalue weighted by atomic mass is 16.5. The van der Waals surface area contributed by atoms with E-state index in [1.807, 2.05) is 0 Å². The standard InChI is InChI=1S/C19H28N2O/c1-14-4-3-5-17(15(14)2)10-20-8-9-21-18(11-20)12-22-13-19(21)16-6-7-16/h3-5,16,18-19H,6-13H2,1-2H3/t18-,19-/m1/s1. The first-order valence-corrected chi connectivity index (χ1v) is 8.83. The molecular weight excluding hydrogens is 272 g/mol. The topological polar surface area (TPSA) is 15.7 Å². The Bertz CT molecular complexity index is 540. The van der Waals surface area contributed by atoms with Crippen LogP contribution in [0, 0.1) is 19.8 Å². The van der Waals surface area contributed by atoms with Gasteiger partial charge in [0.2, 0.25) is 0 Å². The van der Waals surface area contributed by atoms with E-state index in [1.54, 1.807) is 0 Å². The second-order valence-corrected chi connectivity index (χ2v) is 7.43. The fourth-order valence-electron chi connectivity index (χ4n) is 4.19. The fourth-order valence-corrected chi connectivity index (χ4v) is 4.19. The molecule has 0 aromatic heterocycles. The molecule has 3 nitrogen and oxygen atoms in total. The Morgan fingerprint density at radius 1 is 1.14 bits per heavy atom. The van der Waals surface area contributed by atoms with E-state index in [0.717, 1.165) is 32.2 Å². The van der Waals surface area contributed by atoms with Crippen LogP contribution in [0.15, 0.2) is 18.2 Å². The summed E-state index contributed by atoms with van der Waals surface area (Å²) in [4.78, 5) is 5.39. The smallest absolute Gasteiger partial charge is 0.0635 e. The quantitative estimate of drug-likeness (QED) is 0.853. The van der Waals surface area contributed by atoms with Crippen molar-refractivity contribution in [3.63, 3.8) is 0 Å². The molecule has 3 aliphatic rings. The van der Waals surface area contributed by atoms with Crippen molar-refractivity contribution in [1.29, 1.82) is 0 Å². The Hall–Kier alpha value is -0.900. The Balaban J connectivity index is 1.42. The van der Waals surface area contributed by atoms with E-state index in [1.165, 1.54) is 42.6 Å². The van der Waals surface area contributed by atoms with Gasteiger partial charge >= 0.3 is 0 Å². The monoisotopic (exact) mass is 300 g/mol. The van der Waals surface area contributed by atoms with Gasteiger partial charge in [0.05, 0.1) is 13.2 Å². The first kappa shape index (κ1) is 14.7. The summed E-state index contributed by atoms with van der Waals surface area (Å²) in [6.45, 7) is 11.0. The number of ether oxygens (including phenoxy) is 1. The summed E-state index contributed by atoms with van der Waals surface area (Å²) in [5.41, 5.74) is 4.36. The van der Waals surface area contributed by atoms with E-state index in [9.17, 15) is 0 Å². The van der Waals surface area contributed by atoms with Gasteiger partial charge in [0.15, 0.2) is 0 Å². The van der Waals surface area contributed by atoms with Crippen molar-refractivity contribution in [3.05, 3.63) is 34.9 Å². The molecule has 0 bridgehead atoms. The Morgan fingerprint density at radius 2 is 2.00 bits per heavy atom. The van der Waals surface area contributed by atoms with Crippen LogP contribution in [0.4, 0.5) is 0 Å². The maximum Gasteiger partial charge on any atom is 0.0635 e. The molecule has 4 rings (SSSR count). The molecule has 120 valence electrons. The molecule has 1 saturated carbocycles. The number of piperazine rings is 1. The molecule has 22 heavy (non-hydrogen) atoms. The van der Waals surface area contributed by atoms with E-state index >= 15 is 0 Å². The van der Waals surface area contributed by atoms with Crippen molar-refractivity contribution in [1.82, 2.24) is 9.80 Å². The molecule has 0 radical (unpaired) electrons. The summed E-state index contributed by atoms with van der Waals surface area (Å²) in [5, 5.41) is 0. The number of hydrogen-bond donors (Lipinski definition) is 0. The normalized spacial score (nSPS) is 30.3. The minimum atomic E-state index is 0.609.